The number of nitrogens with one attached hydrogen (secondary N) is 1. The van der Waals surface area contributed by atoms with E-state index < -0.39 is 6.04 Å². The zero-order chi connectivity index (χ0) is 24.1. The van der Waals surface area contributed by atoms with Gasteiger partial charge in [-0.25, -0.2) is 4.39 Å². The fraction of sp³-hybridized carbons (Fsp3) is 0.444. The predicted molar refractivity (Wildman–Crippen MR) is 128 cm³/mol. The van der Waals surface area contributed by atoms with E-state index in [4.69, 9.17) is 0 Å². The number of nitrogens with zero attached hydrogens (tertiary/aromatic N) is 2. The highest BCUT2D eigenvalue weighted by atomic mass is 19.1. The fourth-order valence-corrected chi connectivity index (χ4v) is 4.95. The van der Waals surface area contributed by atoms with Gasteiger partial charge in [0, 0.05) is 37.3 Å². The van der Waals surface area contributed by atoms with E-state index in [-0.39, 0.29) is 29.5 Å². The van der Waals surface area contributed by atoms with Gasteiger partial charge in [0.1, 0.15) is 11.9 Å². The molecule has 3 amide bonds. The lowest BCUT2D eigenvalue weighted by atomic mass is 9.87. The molecule has 0 aromatic heterocycles. The van der Waals surface area contributed by atoms with Gasteiger partial charge >= 0.3 is 0 Å². The summed E-state index contributed by atoms with van der Waals surface area (Å²) in [4.78, 5) is 43.1. The molecule has 1 atom stereocenters. The third-order valence-corrected chi connectivity index (χ3v) is 7.00. The number of hydrogen-bond acceptors (Lipinski definition) is 3. The van der Waals surface area contributed by atoms with Gasteiger partial charge in [-0.15, -0.1) is 0 Å². The summed E-state index contributed by atoms with van der Waals surface area (Å²) in [5, 5.41) is 3.05. The third-order valence-electron chi connectivity index (χ3n) is 7.00. The first-order valence-corrected chi connectivity index (χ1v) is 12.1. The van der Waals surface area contributed by atoms with Crippen molar-refractivity contribution in [2.24, 2.45) is 5.92 Å². The molecule has 0 radical (unpaired) electrons. The number of carbonyl (C=O) groups excluding carboxylic acids is 3. The maximum absolute atomic E-state index is 13.5. The molecule has 0 aliphatic carbocycles. The van der Waals surface area contributed by atoms with E-state index in [1.807, 2.05) is 30.0 Å². The Bertz CT molecular complexity index is 1030. The van der Waals surface area contributed by atoms with Crippen molar-refractivity contribution in [1.29, 1.82) is 0 Å². The number of hydrogen-bond donors (Lipinski definition) is 1. The summed E-state index contributed by atoms with van der Waals surface area (Å²) in [6.45, 7) is 4.31. The Balaban J connectivity index is 1.47. The molecule has 0 spiro atoms. The third kappa shape index (κ3) is 5.46. The number of carbonyl (C=O) groups is 3. The Hall–Kier alpha value is -3.22. The van der Waals surface area contributed by atoms with Crippen LogP contribution in [0.2, 0.25) is 0 Å². The van der Waals surface area contributed by atoms with E-state index in [1.54, 1.807) is 11.0 Å². The summed E-state index contributed by atoms with van der Waals surface area (Å²) < 4.78 is 13.2. The standard InChI is InChI=1S/C27H32FN3O3/c1-19-7-3-4-8-23(19)25(32)29-24(27(34)30-15-5-2-6-16-30)20-13-17-31(18-14-20)26(33)21-9-11-22(28)12-10-21/h3-4,7-12,20,24H,2,5-6,13-18H2,1H3,(H,29,32). The second-order valence-electron chi connectivity index (χ2n) is 9.29. The van der Waals surface area contributed by atoms with Gasteiger partial charge in [0.05, 0.1) is 0 Å². The van der Waals surface area contributed by atoms with Crippen molar-refractivity contribution in [2.45, 2.75) is 45.1 Å². The first-order chi connectivity index (χ1) is 16.4. The van der Waals surface area contributed by atoms with Crippen LogP contribution in [0.5, 0.6) is 0 Å². The first-order valence-electron chi connectivity index (χ1n) is 12.1. The molecule has 2 aromatic rings. The molecule has 34 heavy (non-hydrogen) atoms. The minimum atomic E-state index is -0.617. The highest BCUT2D eigenvalue weighted by molar-refractivity contribution is 5.99. The number of aryl methyl sites for hydroxylation is 1. The molecular formula is C27H32FN3O3. The lowest BCUT2D eigenvalue weighted by Crippen LogP contribution is -2.55. The van der Waals surface area contributed by atoms with Crippen molar-refractivity contribution in [3.8, 4) is 0 Å². The van der Waals surface area contributed by atoms with Gasteiger partial charge in [-0.3, -0.25) is 14.4 Å². The van der Waals surface area contributed by atoms with Crippen LogP contribution in [0.25, 0.3) is 0 Å². The monoisotopic (exact) mass is 465 g/mol. The molecule has 0 saturated carbocycles. The first kappa shape index (κ1) is 23.9. The largest absolute Gasteiger partial charge is 0.341 e. The van der Waals surface area contributed by atoms with Crippen LogP contribution in [0.3, 0.4) is 0 Å². The van der Waals surface area contributed by atoms with Crippen LogP contribution in [0.4, 0.5) is 4.39 Å². The summed E-state index contributed by atoms with van der Waals surface area (Å²) in [6.07, 6.45) is 4.31. The Labute approximate surface area is 200 Å². The van der Waals surface area contributed by atoms with Crippen molar-refractivity contribution >= 4 is 17.7 Å². The summed E-state index contributed by atoms with van der Waals surface area (Å²) in [7, 11) is 0. The van der Waals surface area contributed by atoms with Gasteiger partial charge in [-0.2, -0.15) is 0 Å². The maximum Gasteiger partial charge on any atom is 0.253 e. The number of amides is 3. The van der Waals surface area contributed by atoms with Crippen molar-refractivity contribution in [3.05, 3.63) is 71.0 Å². The van der Waals surface area contributed by atoms with Gasteiger partial charge in [-0.1, -0.05) is 18.2 Å². The van der Waals surface area contributed by atoms with E-state index in [0.717, 1.165) is 37.9 Å². The summed E-state index contributed by atoms with van der Waals surface area (Å²) >= 11 is 0. The zero-order valence-electron chi connectivity index (χ0n) is 19.6. The van der Waals surface area contributed by atoms with Crippen molar-refractivity contribution in [1.82, 2.24) is 15.1 Å². The van der Waals surface area contributed by atoms with Gasteiger partial charge in [-0.05, 0) is 80.8 Å². The zero-order valence-corrected chi connectivity index (χ0v) is 19.6. The molecule has 6 nitrogen and oxygen atoms in total. The van der Waals surface area contributed by atoms with Crippen molar-refractivity contribution < 1.29 is 18.8 Å². The Kier molecular flexibility index (Phi) is 7.60. The van der Waals surface area contributed by atoms with E-state index in [2.05, 4.69) is 5.32 Å². The van der Waals surface area contributed by atoms with Crippen LogP contribution in [0, 0.1) is 18.7 Å². The quantitative estimate of drug-likeness (QED) is 0.730. The van der Waals surface area contributed by atoms with Crippen LogP contribution in [0.15, 0.2) is 48.5 Å². The SMILES string of the molecule is Cc1ccccc1C(=O)NC(C(=O)N1CCCCC1)C1CCN(C(=O)c2ccc(F)cc2)CC1. The van der Waals surface area contributed by atoms with Crippen LogP contribution in [-0.4, -0.2) is 59.7 Å². The van der Waals surface area contributed by atoms with E-state index >= 15 is 0 Å². The highest BCUT2D eigenvalue weighted by Crippen LogP contribution is 2.25. The molecule has 1 N–H and O–H groups in total. The Morgan fingerprint density at radius 2 is 1.53 bits per heavy atom. The second kappa shape index (κ2) is 10.8. The van der Waals surface area contributed by atoms with Gasteiger partial charge in [0.2, 0.25) is 5.91 Å². The van der Waals surface area contributed by atoms with Gasteiger partial charge in [0.15, 0.2) is 0 Å². The van der Waals surface area contributed by atoms with E-state index in [0.29, 0.717) is 37.1 Å². The molecule has 2 aliphatic rings. The van der Waals surface area contributed by atoms with Crippen molar-refractivity contribution in [3.63, 3.8) is 0 Å². The molecule has 7 heteroatoms. The average Bonchev–Trinajstić information content (AvgIpc) is 2.88. The molecule has 2 saturated heterocycles. The summed E-state index contributed by atoms with van der Waals surface area (Å²) in [6, 6.07) is 12.3. The molecule has 1 unspecified atom stereocenters. The predicted octanol–water partition coefficient (Wildman–Crippen LogP) is 3.80. The molecule has 2 aliphatic heterocycles. The minimum Gasteiger partial charge on any atom is -0.341 e. The fourth-order valence-electron chi connectivity index (χ4n) is 4.95. The number of piperidine rings is 2. The van der Waals surface area contributed by atoms with E-state index in [1.165, 1.54) is 24.3 Å². The molecule has 2 aromatic carbocycles. The molecular weight excluding hydrogens is 433 g/mol. The van der Waals surface area contributed by atoms with Gasteiger partial charge in [0.25, 0.3) is 11.8 Å². The topological polar surface area (TPSA) is 69.7 Å². The Morgan fingerprint density at radius 1 is 0.882 bits per heavy atom. The highest BCUT2D eigenvalue weighted by Gasteiger charge is 2.36. The number of benzene rings is 2. The molecule has 180 valence electrons. The maximum atomic E-state index is 13.5. The number of likely N-dealkylation sites (tertiary alicyclic amines) is 2. The smallest absolute Gasteiger partial charge is 0.253 e. The Morgan fingerprint density at radius 3 is 2.18 bits per heavy atom. The lowest BCUT2D eigenvalue weighted by molar-refractivity contribution is -0.136. The van der Waals surface area contributed by atoms with Crippen LogP contribution >= 0.6 is 0 Å². The van der Waals surface area contributed by atoms with E-state index in [9.17, 15) is 18.8 Å². The van der Waals surface area contributed by atoms with Crippen LogP contribution in [0.1, 0.15) is 58.4 Å². The summed E-state index contributed by atoms with van der Waals surface area (Å²) in [5.74, 6) is -0.831. The summed E-state index contributed by atoms with van der Waals surface area (Å²) in [5.41, 5.74) is 1.89. The van der Waals surface area contributed by atoms with Gasteiger partial charge < -0.3 is 15.1 Å². The normalized spacial score (nSPS) is 17.8. The van der Waals surface area contributed by atoms with Crippen LogP contribution < -0.4 is 5.32 Å². The molecule has 2 fully saturated rings. The van der Waals surface area contributed by atoms with Crippen LogP contribution in [-0.2, 0) is 4.79 Å². The lowest BCUT2D eigenvalue weighted by Gasteiger charge is -2.38. The minimum absolute atomic E-state index is 0.0232. The number of halogens is 1. The molecule has 4 rings (SSSR count). The number of rotatable bonds is 5. The second-order valence-corrected chi connectivity index (χ2v) is 9.29. The average molecular weight is 466 g/mol. The molecule has 0 bridgehead atoms. The van der Waals surface area contributed by atoms with Crippen molar-refractivity contribution in [2.75, 3.05) is 26.2 Å². The molecule has 2 heterocycles.